The average molecular weight is 712 g/mol. The van der Waals surface area contributed by atoms with Crippen molar-refractivity contribution in [3.05, 3.63) is 127 Å². The molecule has 1 amide bonds. The molecule has 266 valence electrons. The monoisotopic (exact) mass is 711 g/mol. The summed E-state index contributed by atoms with van der Waals surface area (Å²) in [6.45, 7) is 15.0. The molecule has 3 aromatic carbocycles. The molecule has 1 N–H and O–H groups in total. The van der Waals surface area contributed by atoms with Crippen molar-refractivity contribution in [3.8, 4) is 22.1 Å². The highest BCUT2D eigenvalue weighted by molar-refractivity contribution is 7.15. The maximum Gasteiger partial charge on any atom is 0.282 e. The number of hydrogen-bond donors (Lipinski definition) is 1. The van der Waals surface area contributed by atoms with Gasteiger partial charge in [-0.1, -0.05) is 43.7 Å². The Kier molecular flexibility index (Phi) is 9.72. The van der Waals surface area contributed by atoms with Gasteiger partial charge in [-0.15, -0.1) is 11.3 Å². The first-order valence-corrected chi connectivity index (χ1v) is 18.9. The number of rotatable bonds is 9. The van der Waals surface area contributed by atoms with E-state index in [1.54, 1.807) is 23.6 Å². The molecule has 0 unspecified atom stereocenters. The van der Waals surface area contributed by atoms with E-state index in [1.165, 1.54) is 9.55 Å². The lowest BCUT2D eigenvalue weighted by molar-refractivity contribution is 0.102. The van der Waals surface area contributed by atoms with Gasteiger partial charge in [-0.05, 0) is 125 Å². The number of anilines is 1. The van der Waals surface area contributed by atoms with Crippen LogP contribution in [0.1, 0.15) is 94.0 Å². The maximum absolute atomic E-state index is 14.2. The van der Waals surface area contributed by atoms with Crippen LogP contribution in [0.3, 0.4) is 0 Å². The Hall–Kier alpha value is -5.28. The van der Waals surface area contributed by atoms with E-state index in [4.69, 9.17) is 14.8 Å². The Morgan fingerprint density at radius 3 is 2.52 bits per heavy atom. The van der Waals surface area contributed by atoms with Gasteiger partial charge in [-0.25, -0.2) is 4.98 Å². The fourth-order valence-electron chi connectivity index (χ4n) is 7.20. The summed E-state index contributed by atoms with van der Waals surface area (Å²) in [5.74, 6) is 1.41. The van der Waals surface area contributed by atoms with Crippen molar-refractivity contribution in [2.24, 2.45) is 5.10 Å². The number of amides is 1. The Morgan fingerprint density at radius 1 is 1.02 bits per heavy atom. The number of aromatic nitrogens is 3. The smallest absolute Gasteiger partial charge is 0.282 e. The highest BCUT2D eigenvalue weighted by atomic mass is 32.1. The highest BCUT2D eigenvalue weighted by Gasteiger charge is 2.28. The minimum absolute atomic E-state index is 0.0918. The van der Waals surface area contributed by atoms with E-state index in [0.29, 0.717) is 23.3 Å². The van der Waals surface area contributed by atoms with E-state index in [2.05, 4.69) is 42.8 Å². The molecule has 0 spiro atoms. The van der Waals surface area contributed by atoms with Crippen LogP contribution in [0, 0.1) is 27.7 Å². The van der Waals surface area contributed by atoms with Crippen molar-refractivity contribution in [2.75, 3.05) is 11.9 Å². The van der Waals surface area contributed by atoms with Crippen LogP contribution < -0.4 is 15.6 Å². The first-order valence-electron chi connectivity index (χ1n) is 18.1. The quantitative estimate of drug-likeness (QED) is 0.151. The van der Waals surface area contributed by atoms with Gasteiger partial charge in [0.15, 0.2) is 5.82 Å². The van der Waals surface area contributed by atoms with Crippen molar-refractivity contribution in [1.82, 2.24) is 14.2 Å². The third kappa shape index (κ3) is 6.50. The summed E-state index contributed by atoms with van der Waals surface area (Å²) < 4.78 is 9.59. The predicted octanol–water partition coefficient (Wildman–Crippen LogP) is 9.68. The van der Waals surface area contributed by atoms with E-state index < -0.39 is 0 Å². The minimum atomic E-state index is -0.244. The largest absolute Gasteiger partial charge is 0.494 e. The molecule has 0 saturated carbocycles. The van der Waals surface area contributed by atoms with Crippen molar-refractivity contribution in [3.63, 3.8) is 0 Å². The Morgan fingerprint density at radius 2 is 1.77 bits per heavy atom. The van der Waals surface area contributed by atoms with Gasteiger partial charge in [-0.2, -0.15) is 9.78 Å². The average Bonchev–Trinajstić information content (AvgIpc) is 3.64. The van der Waals surface area contributed by atoms with Crippen LogP contribution in [0.15, 0.2) is 76.6 Å². The van der Waals surface area contributed by atoms with E-state index in [0.717, 1.165) is 92.5 Å². The Labute approximate surface area is 308 Å². The zero-order valence-corrected chi connectivity index (χ0v) is 31.8. The maximum atomic E-state index is 14.2. The lowest BCUT2D eigenvalue weighted by Crippen LogP contribution is -2.21. The number of nitrogens with one attached hydrogen (secondary N) is 1. The number of carbonyl (C=O) groups excluding carboxylic acids is 1. The Balaban J connectivity index is 1.34. The third-order valence-corrected chi connectivity index (χ3v) is 11.2. The molecule has 0 saturated heterocycles. The van der Waals surface area contributed by atoms with Crippen LogP contribution in [0.5, 0.6) is 5.75 Å². The van der Waals surface area contributed by atoms with Gasteiger partial charge >= 0.3 is 0 Å². The number of thiophene rings is 1. The molecule has 3 heterocycles. The predicted molar refractivity (Wildman–Crippen MR) is 213 cm³/mol. The molecule has 7 rings (SSSR count). The number of hydrogen-bond acceptors (Lipinski definition) is 6. The number of aryl methyl sites for hydroxylation is 4. The fourth-order valence-corrected chi connectivity index (χ4v) is 8.70. The van der Waals surface area contributed by atoms with Crippen molar-refractivity contribution in [1.29, 1.82) is 0 Å². The topological polar surface area (TPSA) is 90.5 Å². The summed E-state index contributed by atoms with van der Waals surface area (Å²) in [5.41, 5.74) is 9.77. The van der Waals surface area contributed by atoms with Crippen LogP contribution in [0.2, 0.25) is 0 Å². The number of nitrogens with zero attached hydrogens (tertiary/aromatic N) is 4. The van der Waals surface area contributed by atoms with Gasteiger partial charge in [0.25, 0.3) is 11.5 Å². The number of fused-ring (bicyclic) bond motifs is 2. The van der Waals surface area contributed by atoms with Gasteiger partial charge in [0.2, 0.25) is 0 Å². The van der Waals surface area contributed by atoms with Gasteiger partial charge in [-0.3, -0.25) is 9.59 Å². The summed E-state index contributed by atoms with van der Waals surface area (Å²) in [6.07, 6.45) is 5.80. The summed E-state index contributed by atoms with van der Waals surface area (Å²) in [6, 6.07) is 21.5. The highest BCUT2D eigenvalue weighted by Crippen LogP contribution is 2.39. The summed E-state index contributed by atoms with van der Waals surface area (Å²) in [4.78, 5) is 34.5. The third-order valence-electron chi connectivity index (χ3n) is 9.95. The lowest BCUT2D eigenvalue weighted by Gasteiger charge is -2.18. The summed E-state index contributed by atoms with van der Waals surface area (Å²) in [5, 5.41) is 9.45. The standard InChI is InChI=1S/C43H45N5O3S/c1-8-51-37-21-27(5)35(23-34(37)25(2)3)40-46-36-15-11-9-13-32(36)42(50)48(40)44-24-30-22-28(6)47(29(30)7)43-39(33-14-10-12-16-38(33)52-43)41(49)45-31-19-17-26(4)18-20-31/h9,11,13,15,17-25H,8,10,12,14,16H2,1-7H3,(H,45,49). The van der Waals surface area contributed by atoms with Crippen molar-refractivity contribution in [2.45, 2.75) is 80.1 Å². The van der Waals surface area contributed by atoms with E-state index in [9.17, 15) is 9.59 Å². The Bertz CT molecular complexity index is 2410. The minimum Gasteiger partial charge on any atom is -0.494 e. The van der Waals surface area contributed by atoms with Gasteiger partial charge in [0, 0.05) is 33.1 Å². The van der Waals surface area contributed by atoms with Crippen LogP contribution in [-0.4, -0.2) is 33.0 Å². The van der Waals surface area contributed by atoms with Crippen LogP contribution in [0.4, 0.5) is 5.69 Å². The number of carbonyl (C=O) groups is 1. The first-order chi connectivity index (χ1) is 25.0. The molecule has 0 bridgehead atoms. The molecule has 3 aromatic heterocycles. The number of ether oxygens (including phenoxy) is 1. The normalized spacial score (nSPS) is 12.9. The fraction of sp³-hybridized carbons (Fsp3) is 0.302. The molecular formula is C43H45N5O3S. The first kappa shape index (κ1) is 35.1. The van der Waals surface area contributed by atoms with Crippen LogP contribution in [-0.2, 0) is 12.8 Å². The summed E-state index contributed by atoms with van der Waals surface area (Å²) in [7, 11) is 0. The van der Waals surface area contributed by atoms with Crippen molar-refractivity contribution >= 4 is 40.0 Å². The molecule has 0 aliphatic heterocycles. The van der Waals surface area contributed by atoms with Crippen LogP contribution in [0.25, 0.3) is 27.3 Å². The summed E-state index contributed by atoms with van der Waals surface area (Å²) >= 11 is 1.71. The van der Waals surface area contributed by atoms with Gasteiger partial charge < -0.3 is 14.6 Å². The van der Waals surface area contributed by atoms with E-state index in [-0.39, 0.29) is 17.4 Å². The van der Waals surface area contributed by atoms with Crippen LogP contribution >= 0.6 is 11.3 Å². The molecule has 6 aromatic rings. The van der Waals surface area contributed by atoms with Crippen molar-refractivity contribution < 1.29 is 9.53 Å². The molecule has 9 heteroatoms. The van der Waals surface area contributed by atoms with E-state index in [1.807, 2.05) is 76.2 Å². The van der Waals surface area contributed by atoms with Gasteiger partial charge in [0.1, 0.15) is 10.8 Å². The second-order valence-electron chi connectivity index (χ2n) is 14.0. The zero-order chi connectivity index (χ0) is 36.7. The second kappa shape index (κ2) is 14.4. The molecule has 1 aliphatic carbocycles. The van der Waals surface area contributed by atoms with Gasteiger partial charge in [0.05, 0.1) is 29.3 Å². The molecule has 0 radical (unpaired) electrons. The molecule has 1 aliphatic rings. The number of benzene rings is 3. The second-order valence-corrected chi connectivity index (χ2v) is 15.1. The zero-order valence-electron chi connectivity index (χ0n) is 31.0. The molecule has 8 nitrogen and oxygen atoms in total. The lowest BCUT2D eigenvalue weighted by atomic mass is 9.95. The van der Waals surface area contributed by atoms with E-state index >= 15 is 0 Å². The molecule has 0 atom stereocenters. The molecular weight excluding hydrogens is 667 g/mol. The molecule has 0 fully saturated rings. The SMILES string of the molecule is CCOc1cc(C)c(-c2nc3ccccc3c(=O)n2N=Cc2cc(C)n(-c3sc4c(c3C(=O)Nc3ccc(C)cc3)CCCC4)c2C)cc1C(C)C. The molecule has 52 heavy (non-hydrogen) atoms. The number of para-hydroxylation sites is 1.